The Morgan fingerprint density at radius 1 is 1.20 bits per heavy atom. The summed E-state index contributed by atoms with van der Waals surface area (Å²) in [6.07, 6.45) is 2.37. The molecular formula is C22H25ClFN3O2S. The molecule has 1 atom stereocenters. The Morgan fingerprint density at radius 3 is 2.77 bits per heavy atom. The lowest BCUT2D eigenvalue weighted by molar-refractivity contribution is -0.132. The van der Waals surface area contributed by atoms with Crippen LogP contribution in [0.4, 0.5) is 14.9 Å². The van der Waals surface area contributed by atoms with E-state index in [4.69, 9.17) is 11.6 Å². The number of rotatable bonds is 7. The summed E-state index contributed by atoms with van der Waals surface area (Å²) < 4.78 is 13.2. The lowest BCUT2D eigenvalue weighted by atomic mass is 9.98. The van der Waals surface area contributed by atoms with E-state index >= 15 is 0 Å². The van der Waals surface area contributed by atoms with Gasteiger partial charge in [-0.1, -0.05) is 17.7 Å². The molecule has 3 rings (SSSR count). The van der Waals surface area contributed by atoms with Gasteiger partial charge in [0.2, 0.25) is 5.91 Å². The molecule has 1 fully saturated rings. The molecule has 5 nitrogen and oxygen atoms in total. The zero-order chi connectivity index (χ0) is 21.3. The van der Waals surface area contributed by atoms with Gasteiger partial charge in [-0.15, -0.1) is 11.8 Å². The highest BCUT2D eigenvalue weighted by Gasteiger charge is 2.23. The maximum Gasteiger partial charge on any atom is 0.319 e. The molecule has 2 aromatic rings. The van der Waals surface area contributed by atoms with Gasteiger partial charge in [-0.2, -0.15) is 0 Å². The number of hydrogen-bond acceptors (Lipinski definition) is 3. The second-order valence-corrected chi connectivity index (χ2v) is 8.85. The van der Waals surface area contributed by atoms with Crippen LogP contribution in [0.1, 0.15) is 19.3 Å². The number of halogens is 2. The van der Waals surface area contributed by atoms with E-state index in [0.717, 1.165) is 30.0 Å². The Labute approximate surface area is 185 Å². The number of likely N-dealkylation sites (tertiary alicyclic amines) is 1. The Kier molecular flexibility index (Phi) is 8.39. The van der Waals surface area contributed by atoms with Crippen molar-refractivity contribution in [3.63, 3.8) is 0 Å². The van der Waals surface area contributed by atoms with Crippen LogP contribution in [-0.4, -0.2) is 42.2 Å². The van der Waals surface area contributed by atoms with Crippen LogP contribution in [-0.2, 0) is 4.79 Å². The molecule has 1 aliphatic heterocycles. The van der Waals surface area contributed by atoms with Crippen molar-refractivity contribution in [3.8, 4) is 0 Å². The van der Waals surface area contributed by atoms with Crippen LogP contribution in [0.25, 0.3) is 0 Å². The highest BCUT2D eigenvalue weighted by atomic mass is 35.5. The van der Waals surface area contributed by atoms with Crippen molar-refractivity contribution < 1.29 is 14.0 Å². The van der Waals surface area contributed by atoms with Gasteiger partial charge in [-0.05, 0) is 61.2 Å². The van der Waals surface area contributed by atoms with Crippen molar-refractivity contribution in [2.24, 2.45) is 5.92 Å². The summed E-state index contributed by atoms with van der Waals surface area (Å²) in [6, 6.07) is 13.0. The number of hydrogen-bond donors (Lipinski definition) is 2. The molecule has 0 radical (unpaired) electrons. The molecule has 1 aliphatic rings. The van der Waals surface area contributed by atoms with E-state index in [0.29, 0.717) is 30.2 Å². The second kappa shape index (κ2) is 11.2. The molecule has 3 amide bonds. The fraction of sp³-hybridized carbons (Fsp3) is 0.364. The third kappa shape index (κ3) is 7.22. The number of nitrogens with zero attached hydrogens (tertiary/aromatic N) is 1. The van der Waals surface area contributed by atoms with Crippen molar-refractivity contribution in [2.75, 3.05) is 30.7 Å². The molecule has 0 bridgehead atoms. The maximum absolute atomic E-state index is 13.2. The van der Waals surface area contributed by atoms with E-state index in [-0.39, 0.29) is 17.9 Å². The molecule has 1 heterocycles. The SMILES string of the molecule is O=C(NC[C@@H]1CCCN(C(=O)CCSc2ccc(Cl)cc2)C1)Nc1cccc(F)c1. The molecule has 1 saturated heterocycles. The van der Waals surface area contributed by atoms with Crippen LogP contribution in [0.2, 0.25) is 5.02 Å². The number of nitrogens with one attached hydrogen (secondary N) is 2. The smallest absolute Gasteiger partial charge is 0.319 e. The summed E-state index contributed by atoms with van der Waals surface area (Å²) >= 11 is 7.53. The molecule has 8 heteroatoms. The topological polar surface area (TPSA) is 61.4 Å². The summed E-state index contributed by atoms with van der Waals surface area (Å²) in [5.74, 6) is 0.675. The normalized spacial score (nSPS) is 16.2. The number of urea groups is 1. The predicted molar refractivity (Wildman–Crippen MR) is 120 cm³/mol. The summed E-state index contributed by atoms with van der Waals surface area (Å²) in [7, 11) is 0. The second-order valence-electron chi connectivity index (χ2n) is 7.25. The summed E-state index contributed by atoms with van der Waals surface area (Å²) in [5.41, 5.74) is 0.408. The first kappa shape index (κ1) is 22.4. The summed E-state index contributed by atoms with van der Waals surface area (Å²) in [5, 5.41) is 6.15. The van der Waals surface area contributed by atoms with Gasteiger partial charge in [0, 0.05) is 47.4 Å². The molecule has 0 spiro atoms. The molecule has 0 unspecified atom stereocenters. The van der Waals surface area contributed by atoms with Crippen LogP contribution in [0.15, 0.2) is 53.4 Å². The van der Waals surface area contributed by atoms with Crippen LogP contribution in [0.5, 0.6) is 0 Å². The van der Waals surface area contributed by atoms with Gasteiger partial charge in [0.05, 0.1) is 0 Å². The number of carbonyl (C=O) groups excluding carboxylic acids is 2. The third-order valence-electron chi connectivity index (χ3n) is 4.90. The first-order valence-electron chi connectivity index (χ1n) is 9.96. The van der Waals surface area contributed by atoms with Gasteiger partial charge < -0.3 is 15.5 Å². The van der Waals surface area contributed by atoms with Crippen molar-refractivity contribution in [3.05, 3.63) is 59.4 Å². The Bertz CT molecular complexity index is 866. The molecule has 2 aromatic carbocycles. The Balaban J connectivity index is 1.38. The Morgan fingerprint density at radius 2 is 2.00 bits per heavy atom. The monoisotopic (exact) mass is 449 g/mol. The fourth-order valence-corrected chi connectivity index (χ4v) is 4.35. The van der Waals surface area contributed by atoms with Crippen LogP contribution in [0, 0.1) is 11.7 Å². The zero-order valence-corrected chi connectivity index (χ0v) is 18.1. The standard InChI is InChI=1S/C22H25ClFN3O2S/c23-17-6-8-20(9-7-17)30-12-10-21(28)27-11-2-3-16(15-27)14-25-22(29)26-19-5-1-4-18(24)13-19/h1,4-9,13,16H,2-3,10-12,14-15H2,(H2,25,26,29)/t16-/m0/s1. The van der Waals surface area contributed by atoms with Crippen molar-refractivity contribution in [1.29, 1.82) is 0 Å². The molecule has 0 saturated carbocycles. The van der Waals surface area contributed by atoms with Gasteiger partial charge in [0.1, 0.15) is 5.82 Å². The number of thioether (sulfide) groups is 1. The molecule has 30 heavy (non-hydrogen) atoms. The van der Waals surface area contributed by atoms with E-state index in [2.05, 4.69) is 10.6 Å². The predicted octanol–water partition coefficient (Wildman–Crippen LogP) is 5.02. The maximum atomic E-state index is 13.2. The van der Waals surface area contributed by atoms with E-state index in [1.165, 1.54) is 12.1 Å². The number of carbonyl (C=O) groups is 2. The minimum Gasteiger partial charge on any atom is -0.342 e. The molecule has 0 aromatic heterocycles. The quantitative estimate of drug-likeness (QED) is 0.583. The van der Waals surface area contributed by atoms with E-state index in [1.54, 1.807) is 23.9 Å². The first-order valence-corrected chi connectivity index (χ1v) is 11.3. The van der Waals surface area contributed by atoms with Crippen LogP contribution < -0.4 is 10.6 Å². The van der Waals surface area contributed by atoms with Gasteiger partial charge in [-0.25, -0.2) is 9.18 Å². The average Bonchev–Trinajstić information content (AvgIpc) is 2.74. The Hall–Kier alpha value is -2.25. The van der Waals surface area contributed by atoms with Gasteiger partial charge in [-0.3, -0.25) is 4.79 Å². The lowest BCUT2D eigenvalue weighted by Gasteiger charge is -2.33. The highest BCUT2D eigenvalue weighted by molar-refractivity contribution is 7.99. The summed E-state index contributed by atoms with van der Waals surface area (Å²) in [6.45, 7) is 1.88. The lowest BCUT2D eigenvalue weighted by Crippen LogP contribution is -2.44. The van der Waals surface area contributed by atoms with E-state index in [1.807, 2.05) is 29.2 Å². The molecular weight excluding hydrogens is 425 g/mol. The van der Waals surface area contributed by atoms with E-state index in [9.17, 15) is 14.0 Å². The number of anilines is 1. The van der Waals surface area contributed by atoms with Gasteiger partial charge >= 0.3 is 6.03 Å². The zero-order valence-electron chi connectivity index (χ0n) is 16.6. The minimum atomic E-state index is -0.400. The van der Waals surface area contributed by atoms with E-state index < -0.39 is 5.82 Å². The number of amides is 3. The fourth-order valence-electron chi connectivity index (χ4n) is 3.38. The van der Waals surface area contributed by atoms with Crippen molar-refractivity contribution in [1.82, 2.24) is 10.2 Å². The number of piperidine rings is 1. The molecule has 2 N–H and O–H groups in total. The summed E-state index contributed by atoms with van der Waals surface area (Å²) in [4.78, 5) is 27.6. The van der Waals surface area contributed by atoms with Crippen molar-refractivity contribution >= 4 is 41.0 Å². The van der Waals surface area contributed by atoms with Crippen LogP contribution >= 0.6 is 23.4 Å². The molecule has 0 aliphatic carbocycles. The number of benzene rings is 2. The van der Waals surface area contributed by atoms with Crippen molar-refractivity contribution in [2.45, 2.75) is 24.2 Å². The first-order chi connectivity index (χ1) is 14.5. The van der Waals surface area contributed by atoms with Gasteiger partial charge in [0.25, 0.3) is 0 Å². The molecule has 160 valence electrons. The largest absolute Gasteiger partial charge is 0.342 e. The highest BCUT2D eigenvalue weighted by Crippen LogP contribution is 2.22. The minimum absolute atomic E-state index is 0.144. The van der Waals surface area contributed by atoms with Crippen LogP contribution in [0.3, 0.4) is 0 Å². The van der Waals surface area contributed by atoms with Gasteiger partial charge in [0.15, 0.2) is 0 Å². The average molecular weight is 450 g/mol. The third-order valence-corrected chi connectivity index (χ3v) is 6.17.